The molecule has 2 aromatic rings. The molecule has 1 atom stereocenters. The molecule has 196 valence electrons. The van der Waals surface area contributed by atoms with Gasteiger partial charge in [0.1, 0.15) is 5.60 Å². The first kappa shape index (κ1) is 27.6. The maximum absolute atomic E-state index is 13.2. The summed E-state index contributed by atoms with van der Waals surface area (Å²) in [6.45, 7) is 15.1. The lowest BCUT2D eigenvalue weighted by Crippen LogP contribution is -2.41. The maximum atomic E-state index is 13.2. The Morgan fingerprint density at radius 2 is 1.92 bits per heavy atom. The molecule has 0 aliphatic carbocycles. The van der Waals surface area contributed by atoms with Crippen molar-refractivity contribution in [3.63, 3.8) is 0 Å². The van der Waals surface area contributed by atoms with E-state index in [2.05, 4.69) is 15.2 Å². The van der Waals surface area contributed by atoms with Crippen LogP contribution in [0.5, 0.6) is 0 Å². The van der Waals surface area contributed by atoms with E-state index < -0.39 is 5.60 Å². The van der Waals surface area contributed by atoms with E-state index in [9.17, 15) is 14.4 Å². The largest absolute Gasteiger partial charge is 0.444 e. The number of pyridine rings is 1. The standard InChI is InChI=1S/C27H37ClN4O4/c1-8-32(20-9-10-31(15-20)26(35)36-27(5,6)7)23-13-19(28)12-21(18(23)4)24(33)29-14-22-16(2)11-17(3)30-25(22)34/h11-13,20H,8-10,14-15H2,1-7H3,(H,29,33)(H,30,34). The molecule has 0 saturated carbocycles. The highest BCUT2D eigenvalue weighted by atomic mass is 35.5. The number of likely N-dealkylation sites (tertiary alicyclic amines) is 1. The maximum Gasteiger partial charge on any atom is 0.410 e. The molecule has 0 radical (unpaired) electrons. The Hall–Kier alpha value is -3.00. The first-order valence-corrected chi connectivity index (χ1v) is 12.7. The lowest BCUT2D eigenvalue weighted by Gasteiger charge is -2.32. The summed E-state index contributed by atoms with van der Waals surface area (Å²) in [5.74, 6) is -0.298. The summed E-state index contributed by atoms with van der Waals surface area (Å²) in [5, 5.41) is 3.33. The number of nitrogens with zero attached hydrogens (tertiary/aromatic N) is 2. The number of nitrogens with one attached hydrogen (secondary N) is 2. The van der Waals surface area contributed by atoms with Gasteiger partial charge >= 0.3 is 6.09 Å². The number of rotatable bonds is 6. The minimum atomic E-state index is -0.548. The van der Waals surface area contributed by atoms with Gasteiger partial charge in [0.2, 0.25) is 0 Å². The number of amides is 2. The van der Waals surface area contributed by atoms with Crippen LogP contribution in [0.15, 0.2) is 23.0 Å². The molecule has 2 amide bonds. The molecular weight excluding hydrogens is 480 g/mol. The molecule has 1 saturated heterocycles. The number of benzene rings is 1. The van der Waals surface area contributed by atoms with Crippen LogP contribution in [0.2, 0.25) is 5.02 Å². The normalized spacial score (nSPS) is 15.7. The van der Waals surface area contributed by atoms with Gasteiger partial charge in [0, 0.05) is 59.8 Å². The molecular formula is C27H37ClN4O4. The third kappa shape index (κ3) is 6.40. The number of hydrogen-bond donors (Lipinski definition) is 2. The number of ether oxygens (including phenoxy) is 1. The smallest absolute Gasteiger partial charge is 0.410 e. The lowest BCUT2D eigenvalue weighted by molar-refractivity contribution is 0.0292. The van der Waals surface area contributed by atoms with Crippen LogP contribution in [0.3, 0.4) is 0 Å². The topological polar surface area (TPSA) is 94.7 Å². The van der Waals surface area contributed by atoms with Gasteiger partial charge < -0.3 is 24.8 Å². The number of halogens is 1. The molecule has 8 nitrogen and oxygen atoms in total. The van der Waals surface area contributed by atoms with Gasteiger partial charge in [-0.05, 0) is 84.2 Å². The Kier molecular flexibility index (Phi) is 8.39. The van der Waals surface area contributed by atoms with Gasteiger partial charge in [0.25, 0.3) is 11.5 Å². The zero-order valence-electron chi connectivity index (χ0n) is 22.3. The second-order valence-electron chi connectivity index (χ2n) is 10.4. The van der Waals surface area contributed by atoms with Crippen molar-refractivity contribution in [1.82, 2.24) is 15.2 Å². The zero-order valence-corrected chi connectivity index (χ0v) is 23.0. The third-order valence-electron chi connectivity index (χ3n) is 6.42. The Morgan fingerprint density at radius 1 is 1.22 bits per heavy atom. The van der Waals surface area contributed by atoms with Gasteiger partial charge in [0.15, 0.2) is 0 Å². The fourth-order valence-electron chi connectivity index (χ4n) is 4.68. The van der Waals surface area contributed by atoms with Crippen LogP contribution >= 0.6 is 11.6 Å². The number of carbonyl (C=O) groups is 2. The number of aromatic amines is 1. The molecule has 1 aromatic heterocycles. The summed E-state index contributed by atoms with van der Waals surface area (Å²) in [5.41, 5.74) is 3.49. The lowest BCUT2D eigenvalue weighted by atomic mass is 10.0. The molecule has 1 unspecified atom stereocenters. The minimum Gasteiger partial charge on any atom is -0.444 e. The molecule has 3 rings (SSSR count). The van der Waals surface area contributed by atoms with Crippen molar-refractivity contribution in [3.05, 3.63) is 61.5 Å². The molecule has 9 heteroatoms. The van der Waals surface area contributed by atoms with Crippen molar-refractivity contribution < 1.29 is 14.3 Å². The van der Waals surface area contributed by atoms with Crippen LogP contribution in [0.1, 0.15) is 66.9 Å². The van der Waals surface area contributed by atoms with E-state index in [-0.39, 0.29) is 30.1 Å². The first-order valence-electron chi connectivity index (χ1n) is 12.3. The summed E-state index contributed by atoms with van der Waals surface area (Å²) in [4.78, 5) is 44.8. The quantitative estimate of drug-likeness (QED) is 0.579. The van der Waals surface area contributed by atoms with Crippen LogP contribution < -0.4 is 15.8 Å². The summed E-state index contributed by atoms with van der Waals surface area (Å²) >= 11 is 6.46. The monoisotopic (exact) mass is 516 g/mol. The molecule has 1 aliphatic heterocycles. The number of aryl methyl sites for hydroxylation is 2. The van der Waals surface area contributed by atoms with E-state index in [1.807, 2.05) is 60.6 Å². The van der Waals surface area contributed by atoms with Crippen molar-refractivity contribution in [1.29, 1.82) is 0 Å². The van der Waals surface area contributed by atoms with Crippen LogP contribution in [-0.4, -0.2) is 53.2 Å². The summed E-state index contributed by atoms with van der Waals surface area (Å²) < 4.78 is 5.54. The fraction of sp³-hybridized carbons (Fsp3) is 0.519. The minimum absolute atomic E-state index is 0.0735. The predicted molar refractivity (Wildman–Crippen MR) is 143 cm³/mol. The molecule has 1 fully saturated rings. The molecule has 1 aromatic carbocycles. The van der Waals surface area contributed by atoms with Gasteiger partial charge in [0.05, 0.1) is 0 Å². The van der Waals surface area contributed by atoms with E-state index in [4.69, 9.17) is 16.3 Å². The number of carbonyl (C=O) groups excluding carboxylic acids is 2. The van der Waals surface area contributed by atoms with E-state index in [0.717, 1.165) is 28.9 Å². The number of H-pyrrole nitrogens is 1. The van der Waals surface area contributed by atoms with Crippen LogP contribution in [0, 0.1) is 20.8 Å². The Balaban J connectivity index is 1.80. The van der Waals surface area contributed by atoms with E-state index in [0.29, 0.717) is 35.8 Å². The van der Waals surface area contributed by atoms with E-state index >= 15 is 0 Å². The van der Waals surface area contributed by atoms with Gasteiger partial charge in [-0.2, -0.15) is 0 Å². The van der Waals surface area contributed by atoms with Gasteiger partial charge in [-0.15, -0.1) is 0 Å². The zero-order chi connectivity index (χ0) is 26.8. The number of anilines is 1. The Labute approximate surface area is 218 Å². The molecule has 36 heavy (non-hydrogen) atoms. The Bertz CT molecular complexity index is 1200. The average Bonchev–Trinajstić information content (AvgIpc) is 3.24. The van der Waals surface area contributed by atoms with Crippen molar-refractivity contribution in [3.8, 4) is 0 Å². The average molecular weight is 517 g/mol. The molecule has 0 bridgehead atoms. The molecule has 1 aliphatic rings. The highest BCUT2D eigenvalue weighted by molar-refractivity contribution is 6.31. The summed E-state index contributed by atoms with van der Waals surface area (Å²) in [7, 11) is 0. The SMILES string of the molecule is CCN(c1cc(Cl)cc(C(=O)NCc2c(C)cc(C)[nH]c2=O)c1C)C1CCN(C(=O)OC(C)(C)C)C1. The molecule has 0 spiro atoms. The molecule has 2 heterocycles. The third-order valence-corrected chi connectivity index (χ3v) is 6.63. The van der Waals surface area contributed by atoms with Crippen LogP contribution in [0.25, 0.3) is 0 Å². The van der Waals surface area contributed by atoms with Gasteiger partial charge in [-0.25, -0.2) is 4.79 Å². The second-order valence-corrected chi connectivity index (χ2v) is 10.8. The fourth-order valence-corrected chi connectivity index (χ4v) is 4.89. The number of likely N-dealkylation sites (N-methyl/N-ethyl adjacent to an activating group) is 1. The van der Waals surface area contributed by atoms with Crippen LogP contribution in [0.4, 0.5) is 10.5 Å². The van der Waals surface area contributed by atoms with Crippen molar-refractivity contribution in [2.75, 3.05) is 24.5 Å². The van der Waals surface area contributed by atoms with Crippen molar-refractivity contribution in [2.45, 2.75) is 73.1 Å². The van der Waals surface area contributed by atoms with Crippen molar-refractivity contribution >= 4 is 29.3 Å². The van der Waals surface area contributed by atoms with E-state index in [1.54, 1.807) is 11.0 Å². The Morgan fingerprint density at radius 3 is 2.53 bits per heavy atom. The number of aromatic nitrogens is 1. The molecule has 2 N–H and O–H groups in total. The van der Waals surface area contributed by atoms with Crippen LogP contribution in [-0.2, 0) is 11.3 Å². The predicted octanol–water partition coefficient (Wildman–Crippen LogP) is 4.72. The highest BCUT2D eigenvalue weighted by Crippen LogP contribution is 2.32. The van der Waals surface area contributed by atoms with E-state index in [1.165, 1.54) is 0 Å². The summed E-state index contributed by atoms with van der Waals surface area (Å²) in [6, 6.07) is 5.47. The summed E-state index contributed by atoms with van der Waals surface area (Å²) in [6.07, 6.45) is 0.473. The number of hydrogen-bond acceptors (Lipinski definition) is 5. The second kappa shape index (κ2) is 10.9. The van der Waals surface area contributed by atoms with Gasteiger partial charge in [-0.1, -0.05) is 11.6 Å². The van der Waals surface area contributed by atoms with Crippen molar-refractivity contribution in [2.24, 2.45) is 0 Å². The highest BCUT2D eigenvalue weighted by Gasteiger charge is 2.33. The first-order chi connectivity index (χ1) is 16.8. The van der Waals surface area contributed by atoms with Gasteiger partial charge in [-0.3, -0.25) is 9.59 Å².